The highest BCUT2D eigenvalue weighted by Crippen LogP contribution is 2.47. The Labute approximate surface area is 332 Å². The van der Waals surface area contributed by atoms with Gasteiger partial charge in [-0.3, -0.25) is 0 Å². The van der Waals surface area contributed by atoms with Crippen LogP contribution in [-0.2, 0) is 10.8 Å². The fourth-order valence-corrected chi connectivity index (χ4v) is 8.63. The highest BCUT2D eigenvalue weighted by atomic mass is 15.1. The van der Waals surface area contributed by atoms with Gasteiger partial charge >= 0.3 is 0 Å². The van der Waals surface area contributed by atoms with Crippen LogP contribution in [0, 0.1) is 0 Å². The average Bonchev–Trinajstić information content (AvgIpc) is 3.24. The predicted molar refractivity (Wildman–Crippen MR) is 239 cm³/mol. The van der Waals surface area contributed by atoms with E-state index in [2.05, 4.69) is 232 Å². The van der Waals surface area contributed by atoms with E-state index >= 15 is 0 Å². The van der Waals surface area contributed by atoms with Crippen LogP contribution in [0.25, 0.3) is 33.0 Å². The van der Waals surface area contributed by atoms with Crippen molar-refractivity contribution in [2.24, 2.45) is 0 Å². The molecule has 0 atom stereocenters. The molecule has 8 aromatic carbocycles. The summed E-state index contributed by atoms with van der Waals surface area (Å²) in [6.07, 6.45) is 2.42. The Morgan fingerprint density at radius 1 is 0.339 bits per heavy atom. The number of anilines is 6. The zero-order valence-corrected chi connectivity index (χ0v) is 32.8. The zero-order valence-electron chi connectivity index (χ0n) is 32.8. The van der Waals surface area contributed by atoms with Gasteiger partial charge in [-0.05, 0) is 129 Å². The first-order valence-electron chi connectivity index (χ1n) is 19.9. The molecule has 0 aliphatic heterocycles. The SMILES string of the molecule is CC1(C)CCC(C)(C)c2cc(-c3cccc(N(c4ccccc4)c4ccc(-c5ccc(N(c6ccccc6)c6cccc7ccccc67)cc5)cc4)c3)ccc21. The largest absolute Gasteiger partial charge is 0.310 e. The summed E-state index contributed by atoms with van der Waals surface area (Å²) in [6.45, 7) is 9.60. The Morgan fingerprint density at radius 3 is 1.46 bits per heavy atom. The molecule has 0 aromatic heterocycles. The normalized spacial score (nSPS) is 14.2. The van der Waals surface area contributed by atoms with Gasteiger partial charge < -0.3 is 9.80 Å². The van der Waals surface area contributed by atoms with Crippen LogP contribution in [0.3, 0.4) is 0 Å². The molecule has 56 heavy (non-hydrogen) atoms. The van der Waals surface area contributed by atoms with Crippen LogP contribution >= 0.6 is 0 Å². The van der Waals surface area contributed by atoms with Crippen LogP contribution in [0.5, 0.6) is 0 Å². The predicted octanol–water partition coefficient (Wildman–Crippen LogP) is 15.5. The van der Waals surface area contributed by atoms with E-state index in [9.17, 15) is 0 Å². The highest BCUT2D eigenvalue weighted by Gasteiger charge is 2.37. The minimum atomic E-state index is 0.161. The summed E-state index contributed by atoms with van der Waals surface area (Å²) in [4.78, 5) is 4.72. The number of hydrogen-bond acceptors (Lipinski definition) is 2. The lowest BCUT2D eigenvalue weighted by Crippen LogP contribution is -2.33. The second-order valence-electron chi connectivity index (χ2n) is 16.5. The molecule has 0 unspecified atom stereocenters. The molecule has 2 heteroatoms. The quantitative estimate of drug-likeness (QED) is 0.154. The van der Waals surface area contributed by atoms with Crippen molar-refractivity contribution in [1.29, 1.82) is 0 Å². The number of fused-ring (bicyclic) bond motifs is 2. The molecule has 0 saturated heterocycles. The molecule has 1 aliphatic carbocycles. The minimum Gasteiger partial charge on any atom is -0.310 e. The molecule has 274 valence electrons. The molecule has 9 rings (SSSR count). The molecule has 0 heterocycles. The zero-order chi connectivity index (χ0) is 38.3. The number of benzene rings is 8. The van der Waals surface area contributed by atoms with E-state index in [1.807, 2.05) is 0 Å². The monoisotopic (exact) mass is 724 g/mol. The third kappa shape index (κ3) is 6.66. The first kappa shape index (κ1) is 35.3. The van der Waals surface area contributed by atoms with Crippen LogP contribution in [0.4, 0.5) is 34.1 Å². The summed E-state index contributed by atoms with van der Waals surface area (Å²) in [7, 11) is 0. The van der Waals surface area contributed by atoms with E-state index in [1.165, 1.54) is 57.0 Å². The Kier molecular flexibility index (Phi) is 9.06. The van der Waals surface area contributed by atoms with Gasteiger partial charge in [0.15, 0.2) is 0 Å². The number of para-hydroxylation sites is 2. The van der Waals surface area contributed by atoms with Crippen LogP contribution in [0.2, 0.25) is 0 Å². The van der Waals surface area contributed by atoms with Gasteiger partial charge in [0, 0.05) is 33.8 Å². The van der Waals surface area contributed by atoms with Crippen LogP contribution < -0.4 is 9.80 Å². The summed E-state index contributed by atoms with van der Waals surface area (Å²) in [5.41, 5.74) is 15.0. The van der Waals surface area contributed by atoms with Crippen molar-refractivity contribution in [1.82, 2.24) is 0 Å². The van der Waals surface area contributed by atoms with Crippen LogP contribution in [0.1, 0.15) is 51.7 Å². The second kappa shape index (κ2) is 14.4. The Balaban J connectivity index is 1.04. The van der Waals surface area contributed by atoms with E-state index < -0.39 is 0 Å². The summed E-state index contributed by atoms with van der Waals surface area (Å²) < 4.78 is 0. The van der Waals surface area contributed by atoms with Crippen molar-refractivity contribution in [3.63, 3.8) is 0 Å². The lowest BCUT2D eigenvalue weighted by molar-refractivity contribution is 0.332. The van der Waals surface area contributed by atoms with E-state index in [0.717, 1.165) is 34.1 Å². The Bertz CT molecular complexity index is 2620. The summed E-state index contributed by atoms with van der Waals surface area (Å²) in [5, 5.41) is 2.45. The molecule has 0 fully saturated rings. The molecule has 0 N–H and O–H groups in total. The molecule has 0 spiro atoms. The second-order valence-corrected chi connectivity index (χ2v) is 16.5. The van der Waals surface area contributed by atoms with Crippen molar-refractivity contribution in [2.45, 2.75) is 51.4 Å². The van der Waals surface area contributed by atoms with Gasteiger partial charge in [0.2, 0.25) is 0 Å². The Morgan fingerprint density at radius 2 is 0.804 bits per heavy atom. The maximum Gasteiger partial charge on any atom is 0.0540 e. The molecule has 0 amide bonds. The highest BCUT2D eigenvalue weighted by molar-refractivity contribution is 5.99. The van der Waals surface area contributed by atoms with Gasteiger partial charge in [-0.2, -0.15) is 0 Å². The third-order valence-electron chi connectivity index (χ3n) is 11.9. The van der Waals surface area contributed by atoms with Crippen molar-refractivity contribution in [3.8, 4) is 22.3 Å². The van der Waals surface area contributed by atoms with Gasteiger partial charge in [-0.15, -0.1) is 0 Å². The average molecular weight is 725 g/mol. The number of hydrogen-bond donors (Lipinski definition) is 0. The fraction of sp³-hybridized carbons (Fsp3) is 0.148. The summed E-state index contributed by atoms with van der Waals surface area (Å²) in [6, 6.07) is 70.6. The van der Waals surface area contributed by atoms with E-state index in [-0.39, 0.29) is 10.8 Å². The molecular formula is C54H48N2. The lowest BCUT2D eigenvalue weighted by Gasteiger charge is -2.42. The minimum absolute atomic E-state index is 0.161. The van der Waals surface area contributed by atoms with Gasteiger partial charge in [0.05, 0.1) is 5.69 Å². The van der Waals surface area contributed by atoms with E-state index in [4.69, 9.17) is 0 Å². The fourth-order valence-electron chi connectivity index (χ4n) is 8.63. The molecule has 0 radical (unpaired) electrons. The summed E-state index contributed by atoms with van der Waals surface area (Å²) >= 11 is 0. The maximum atomic E-state index is 2.46. The van der Waals surface area contributed by atoms with Crippen molar-refractivity contribution >= 4 is 44.9 Å². The van der Waals surface area contributed by atoms with Gasteiger partial charge in [-0.25, -0.2) is 0 Å². The van der Waals surface area contributed by atoms with E-state index in [0.29, 0.717) is 0 Å². The summed E-state index contributed by atoms with van der Waals surface area (Å²) in [5.74, 6) is 0. The molecule has 0 bridgehead atoms. The molecular weight excluding hydrogens is 677 g/mol. The number of nitrogens with zero attached hydrogens (tertiary/aromatic N) is 2. The van der Waals surface area contributed by atoms with Gasteiger partial charge in [0.1, 0.15) is 0 Å². The van der Waals surface area contributed by atoms with E-state index in [1.54, 1.807) is 0 Å². The van der Waals surface area contributed by atoms with Crippen molar-refractivity contribution in [2.75, 3.05) is 9.80 Å². The maximum absolute atomic E-state index is 2.46. The topological polar surface area (TPSA) is 6.48 Å². The molecule has 0 saturated carbocycles. The van der Waals surface area contributed by atoms with Gasteiger partial charge in [0.25, 0.3) is 0 Å². The molecule has 1 aliphatic rings. The van der Waals surface area contributed by atoms with Crippen LogP contribution in [-0.4, -0.2) is 0 Å². The molecule has 8 aromatic rings. The standard InChI is InChI=1S/C54H48N2/c1-53(2)35-36-54(3,4)51-38-43(29-34-50(51)53)42-17-13-22-48(37-42)55(44-18-7-5-8-19-44)46-30-25-39(26-31-46)40-27-32-47(33-28-40)56(45-20-9-6-10-21-45)52-24-14-16-41-15-11-12-23-49(41)52/h5-34,37-38H,35-36H2,1-4H3. The first-order chi connectivity index (χ1) is 27.2. The smallest absolute Gasteiger partial charge is 0.0540 e. The van der Waals surface area contributed by atoms with Crippen molar-refractivity contribution < 1.29 is 0 Å². The van der Waals surface area contributed by atoms with Crippen molar-refractivity contribution in [3.05, 3.63) is 205 Å². The Hall–Kier alpha value is -6.38. The van der Waals surface area contributed by atoms with Crippen LogP contribution in [0.15, 0.2) is 194 Å². The number of rotatable bonds is 8. The molecule has 2 nitrogen and oxygen atoms in total. The first-order valence-corrected chi connectivity index (χ1v) is 19.9. The lowest BCUT2D eigenvalue weighted by atomic mass is 9.63. The third-order valence-corrected chi connectivity index (χ3v) is 11.9. The van der Waals surface area contributed by atoms with Gasteiger partial charge in [-0.1, -0.05) is 155 Å².